The standard InChI is InChI=1S/C21H25N3O2/c1-23(2)13-16-19-17(22-20(16)21(25)24(3)4)11-8-12-18(19)26-14-15-9-6-5-7-10-15/h5-12,22H,13-14H2,1-4H3. The van der Waals surface area contributed by atoms with Crippen molar-refractivity contribution >= 4 is 16.8 Å². The summed E-state index contributed by atoms with van der Waals surface area (Å²) in [6, 6.07) is 16.0. The largest absolute Gasteiger partial charge is 0.488 e. The van der Waals surface area contributed by atoms with E-state index in [0.29, 0.717) is 18.8 Å². The molecule has 3 aromatic rings. The van der Waals surface area contributed by atoms with Crippen molar-refractivity contribution in [3.63, 3.8) is 0 Å². The van der Waals surface area contributed by atoms with Crippen LogP contribution in [0, 0.1) is 0 Å². The molecule has 1 heterocycles. The van der Waals surface area contributed by atoms with Gasteiger partial charge in [-0.25, -0.2) is 0 Å². The average Bonchev–Trinajstić information content (AvgIpc) is 2.98. The van der Waals surface area contributed by atoms with E-state index in [0.717, 1.165) is 27.8 Å². The number of ether oxygens (including phenoxy) is 1. The Labute approximate surface area is 154 Å². The van der Waals surface area contributed by atoms with E-state index in [9.17, 15) is 4.79 Å². The SMILES string of the molecule is CN(C)Cc1c(C(=O)N(C)C)[nH]c2cccc(OCc3ccccc3)c12. The van der Waals surface area contributed by atoms with Crippen molar-refractivity contribution < 1.29 is 9.53 Å². The second kappa shape index (κ2) is 7.62. The molecule has 0 aliphatic rings. The Kier molecular flexibility index (Phi) is 5.28. The van der Waals surface area contributed by atoms with Crippen LogP contribution in [0.1, 0.15) is 21.6 Å². The van der Waals surface area contributed by atoms with Crippen LogP contribution in [0.2, 0.25) is 0 Å². The van der Waals surface area contributed by atoms with Crippen molar-refractivity contribution in [3.05, 3.63) is 65.4 Å². The van der Waals surface area contributed by atoms with Gasteiger partial charge in [-0.2, -0.15) is 0 Å². The van der Waals surface area contributed by atoms with Crippen LogP contribution in [0.15, 0.2) is 48.5 Å². The van der Waals surface area contributed by atoms with E-state index in [-0.39, 0.29) is 5.91 Å². The third kappa shape index (κ3) is 3.73. The van der Waals surface area contributed by atoms with Crippen LogP contribution in [0.25, 0.3) is 10.9 Å². The van der Waals surface area contributed by atoms with E-state index < -0.39 is 0 Å². The van der Waals surface area contributed by atoms with Gasteiger partial charge in [-0.1, -0.05) is 36.4 Å². The first-order chi connectivity index (χ1) is 12.5. The van der Waals surface area contributed by atoms with E-state index in [2.05, 4.69) is 9.88 Å². The number of aromatic amines is 1. The molecule has 0 unspecified atom stereocenters. The van der Waals surface area contributed by atoms with E-state index in [1.807, 2.05) is 62.6 Å². The third-order valence-electron chi connectivity index (χ3n) is 4.22. The summed E-state index contributed by atoms with van der Waals surface area (Å²) in [5.41, 5.74) is 3.61. The number of carbonyl (C=O) groups excluding carboxylic acids is 1. The number of hydrogen-bond donors (Lipinski definition) is 1. The molecule has 0 aliphatic heterocycles. The highest BCUT2D eigenvalue weighted by Gasteiger charge is 2.22. The lowest BCUT2D eigenvalue weighted by atomic mass is 10.1. The van der Waals surface area contributed by atoms with Gasteiger partial charge >= 0.3 is 0 Å². The van der Waals surface area contributed by atoms with Crippen LogP contribution in [0.3, 0.4) is 0 Å². The maximum absolute atomic E-state index is 12.6. The predicted octanol–water partition coefficient (Wildman–Crippen LogP) is 3.51. The van der Waals surface area contributed by atoms with Crippen molar-refractivity contribution in [2.75, 3.05) is 28.2 Å². The Bertz CT molecular complexity index is 898. The van der Waals surface area contributed by atoms with E-state index in [1.54, 1.807) is 19.0 Å². The van der Waals surface area contributed by atoms with Gasteiger partial charge in [-0.15, -0.1) is 0 Å². The maximum Gasteiger partial charge on any atom is 0.270 e. The molecule has 2 aromatic carbocycles. The van der Waals surface area contributed by atoms with Crippen LogP contribution in [0.5, 0.6) is 5.75 Å². The van der Waals surface area contributed by atoms with Crippen LogP contribution >= 0.6 is 0 Å². The fraction of sp³-hybridized carbons (Fsp3) is 0.286. The van der Waals surface area contributed by atoms with Gasteiger partial charge in [0.15, 0.2) is 0 Å². The van der Waals surface area contributed by atoms with Gasteiger partial charge in [0.25, 0.3) is 5.91 Å². The molecule has 0 spiro atoms. The molecule has 136 valence electrons. The zero-order valence-corrected chi connectivity index (χ0v) is 15.7. The molecular formula is C21H25N3O2. The van der Waals surface area contributed by atoms with Crippen LogP contribution in [0.4, 0.5) is 0 Å². The topological polar surface area (TPSA) is 48.6 Å². The van der Waals surface area contributed by atoms with Gasteiger partial charge < -0.3 is 19.5 Å². The second-order valence-corrected chi connectivity index (χ2v) is 6.87. The number of amides is 1. The van der Waals surface area contributed by atoms with Crippen molar-refractivity contribution in [1.29, 1.82) is 0 Å². The third-order valence-corrected chi connectivity index (χ3v) is 4.22. The first-order valence-corrected chi connectivity index (χ1v) is 8.64. The van der Waals surface area contributed by atoms with Crippen molar-refractivity contribution in [1.82, 2.24) is 14.8 Å². The summed E-state index contributed by atoms with van der Waals surface area (Å²) >= 11 is 0. The number of rotatable bonds is 6. The van der Waals surface area contributed by atoms with E-state index in [4.69, 9.17) is 4.74 Å². The minimum atomic E-state index is -0.0351. The summed E-state index contributed by atoms with van der Waals surface area (Å²) in [4.78, 5) is 19.6. The van der Waals surface area contributed by atoms with Crippen LogP contribution in [-0.4, -0.2) is 48.9 Å². The summed E-state index contributed by atoms with van der Waals surface area (Å²) in [6.45, 7) is 1.14. The number of nitrogens with zero attached hydrogens (tertiary/aromatic N) is 2. The second-order valence-electron chi connectivity index (χ2n) is 6.87. The molecule has 0 atom stereocenters. The molecular weight excluding hydrogens is 326 g/mol. The smallest absolute Gasteiger partial charge is 0.270 e. The Morgan fingerprint density at radius 3 is 2.38 bits per heavy atom. The molecule has 5 heteroatoms. The number of H-pyrrole nitrogens is 1. The van der Waals surface area contributed by atoms with Gasteiger partial charge in [0, 0.05) is 31.6 Å². The van der Waals surface area contributed by atoms with Gasteiger partial charge in [0.2, 0.25) is 0 Å². The minimum Gasteiger partial charge on any atom is -0.488 e. The summed E-state index contributed by atoms with van der Waals surface area (Å²) in [7, 11) is 7.52. The highest BCUT2D eigenvalue weighted by molar-refractivity contribution is 6.02. The summed E-state index contributed by atoms with van der Waals surface area (Å²) in [5, 5.41) is 0.974. The van der Waals surface area contributed by atoms with Gasteiger partial charge in [0.1, 0.15) is 18.1 Å². The molecule has 0 saturated heterocycles. The van der Waals surface area contributed by atoms with Gasteiger partial charge in [0.05, 0.1) is 5.52 Å². The van der Waals surface area contributed by atoms with Gasteiger partial charge in [-0.05, 0) is 31.8 Å². The Hall–Kier alpha value is -2.79. The van der Waals surface area contributed by atoms with Gasteiger partial charge in [-0.3, -0.25) is 4.79 Å². The van der Waals surface area contributed by atoms with Crippen molar-refractivity contribution in [3.8, 4) is 5.75 Å². The molecule has 1 amide bonds. The molecule has 0 radical (unpaired) electrons. The first-order valence-electron chi connectivity index (χ1n) is 8.64. The normalized spacial score (nSPS) is 11.1. The van der Waals surface area contributed by atoms with Crippen LogP contribution < -0.4 is 4.74 Å². The monoisotopic (exact) mass is 351 g/mol. The molecule has 1 aromatic heterocycles. The van der Waals surface area contributed by atoms with E-state index in [1.165, 1.54) is 0 Å². The zero-order valence-electron chi connectivity index (χ0n) is 15.7. The number of aromatic nitrogens is 1. The molecule has 1 N–H and O–H groups in total. The maximum atomic E-state index is 12.6. The quantitative estimate of drug-likeness (QED) is 0.739. The summed E-state index contributed by atoms with van der Waals surface area (Å²) < 4.78 is 6.12. The van der Waals surface area contributed by atoms with Crippen molar-refractivity contribution in [2.45, 2.75) is 13.2 Å². The Morgan fingerprint density at radius 1 is 1.00 bits per heavy atom. The first kappa shape index (κ1) is 18.0. The number of benzene rings is 2. The average molecular weight is 351 g/mol. The number of carbonyl (C=O) groups is 1. The molecule has 0 saturated carbocycles. The van der Waals surface area contributed by atoms with E-state index >= 15 is 0 Å². The zero-order chi connectivity index (χ0) is 18.7. The molecule has 5 nitrogen and oxygen atoms in total. The van der Waals surface area contributed by atoms with Crippen molar-refractivity contribution in [2.24, 2.45) is 0 Å². The fourth-order valence-corrected chi connectivity index (χ4v) is 3.02. The number of nitrogens with one attached hydrogen (secondary N) is 1. The summed E-state index contributed by atoms with van der Waals surface area (Å²) in [5.74, 6) is 0.754. The predicted molar refractivity (Wildman–Crippen MR) is 104 cm³/mol. The highest BCUT2D eigenvalue weighted by Crippen LogP contribution is 2.33. The molecule has 0 aliphatic carbocycles. The number of fused-ring (bicyclic) bond motifs is 1. The number of hydrogen-bond acceptors (Lipinski definition) is 3. The minimum absolute atomic E-state index is 0.0351. The lowest BCUT2D eigenvalue weighted by Crippen LogP contribution is -2.24. The highest BCUT2D eigenvalue weighted by atomic mass is 16.5. The molecule has 3 rings (SSSR count). The molecule has 26 heavy (non-hydrogen) atoms. The Morgan fingerprint density at radius 2 is 1.73 bits per heavy atom. The lowest BCUT2D eigenvalue weighted by molar-refractivity contribution is 0.0821. The Balaban J connectivity index is 2.04. The summed E-state index contributed by atoms with van der Waals surface area (Å²) in [6.07, 6.45) is 0. The fourth-order valence-electron chi connectivity index (χ4n) is 3.02. The van der Waals surface area contributed by atoms with Crippen LogP contribution in [-0.2, 0) is 13.2 Å². The molecule has 0 bridgehead atoms. The lowest BCUT2D eigenvalue weighted by Gasteiger charge is -2.15. The molecule has 0 fully saturated rings.